The second-order valence-corrected chi connectivity index (χ2v) is 6.46. The number of carbonyl (C=O) groups excluding carboxylic acids is 1. The van der Waals surface area contributed by atoms with Gasteiger partial charge in [-0.15, -0.1) is 0 Å². The Morgan fingerprint density at radius 2 is 1.85 bits per heavy atom. The van der Waals surface area contributed by atoms with Crippen LogP contribution in [0.4, 0.5) is 18.9 Å². The van der Waals surface area contributed by atoms with E-state index in [-0.39, 0.29) is 5.69 Å². The van der Waals surface area contributed by atoms with Gasteiger partial charge >= 0.3 is 6.18 Å². The Balaban J connectivity index is 2.02. The van der Waals surface area contributed by atoms with Crippen molar-refractivity contribution >= 4 is 22.5 Å². The smallest absolute Gasteiger partial charge is 0.337 e. The average molecular weight is 374 g/mol. The third-order valence-corrected chi connectivity index (χ3v) is 4.77. The van der Waals surface area contributed by atoms with Gasteiger partial charge in [0, 0.05) is 23.1 Å². The van der Waals surface area contributed by atoms with Crippen molar-refractivity contribution in [2.75, 3.05) is 5.32 Å². The lowest BCUT2D eigenvalue weighted by Crippen LogP contribution is -2.18. The maximum atomic E-state index is 12.9. The molecule has 0 unspecified atom stereocenters. The van der Waals surface area contributed by atoms with Crippen LogP contribution in [0.3, 0.4) is 0 Å². The molecule has 6 heteroatoms. The Hall–Kier alpha value is -2.76. The summed E-state index contributed by atoms with van der Waals surface area (Å²) in [5, 5.41) is 3.61. The minimum absolute atomic E-state index is 0.122. The number of alkyl halides is 3. The summed E-state index contributed by atoms with van der Waals surface area (Å²) in [6.07, 6.45) is -3.57. The Bertz CT molecular complexity index is 1000. The molecule has 0 aliphatic rings. The first-order valence-corrected chi connectivity index (χ1v) is 8.86. The van der Waals surface area contributed by atoms with Gasteiger partial charge in [0.2, 0.25) is 0 Å². The molecule has 1 N–H and O–H groups in total. The number of aryl methyl sites for hydroxylation is 3. The minimum atomic E-state index is -4.45. The Morgan fingerprint density at radius 1 is 1.11 bits per heavy atom. The molecule has 0 fully saturated rings. The highest BCUT2D eigenvalue weighted by Crippen LogP contribution is 2.31. The fraction of sp³-hybridized carbons (Fsp3) is 0.286. The molecule has 27 heavy (non-hydrogen) atoms. The van der Waals surface area contributed by atoms with Gasteiger partial charge in [-0.2, -0.15) is 13.2 Å². The van der Waals surface area contributed by atoms with Crippen LogP contribution >= 0.6 is 0 Å². The summed E-state index contributed by atoms with van der Waals surface area (Å²) in [4.78, 5) is 12.9. The molecule has 0 saturated heterocycles. The van der Waals surface area contributed by atoms with Crippen molar-refractivity contribution in [3.63, 3.8) is 0 Å². The zero-order valence-electron chi connectivity index (χ0n) is 15.4. The Labute approximate surface area is 155 Å². The van der Waals surface area contributed by atoms with Crippen molar-refractivity contribution < 1.29 is 18.0 Å². The number of anilines is 1. The highest BCUT2D eigenvalue weighted by Gasteiger charge is 2.30. The van der Waals surface area contributed by atoms with E-state index in [4.69, 9.17) is 0 Å². The van der Waals surface area contributed by atoms with Crippen LogP contribution in [0.1, 0.15) is 41.0 Å². The van der Waals surface area contributed by atoms with Gasteiger partial charge in [-0.1, -0.05) is 19.1 Å². The lowest BCUT2D eigenvalue weighted by molar-refractivity contribution is -0.137. The number of nitrogens with zero attached hydrogens (tertiary/aromatic N) is 1. The Kier molecular flexibility index (Phi) is 5.00. The van der Waals surface area contributed by atoms with Crippen LogP contribution < -0.4 is 5.32 Å². The summed E-state index contributed by atoms with van der Waals surface area (Å²) in [5.41, 5.74) is 2.74. The maximum absolute atomic E-state index is 12.9. The molecule has 0 aliphatic carbocycles. The van der Waals surface area contributed by atoms with E-state index >= 15 is 0 Å². The molecule has 0 aliphatic heterocycles. The molecule has 0 atom stereocenters. The van der Waals surface area contributed by atoms with E-state index < -0.39 is 17.6 Å². The molecule has 0 saturated carbocycles. The van der Waals surface area contributed by atoms with Gasteiger partial charge in [-0.05, 0) is 61.7 Å². The van der Waals surface area contributed by atoms with Crippen molar-refractivity contribution in [1.82, 2.24) is 4.57 Å². The Morgan fingerprint density at radius 3 is 2.48 bits per heavy atom. The lowest BCUT2D eigenvalue weighted by Gasteiger charge is -2.12. The van der Waals surface area contributed by atoms with E-state index in [1.807, 2.05) is 30.5 Å². The SMILES string of the molecule is CCc1ccc2c(c1)c(C)c(C(=O)Nc1cccc(C(F)(F)F)c1)n2CC. The standard InChI is InChI=1S/C21H21F3N2O/c1-4-14-9-10-18-17(11-14)13(3)19(26(18)5-2)20(27)25-16-8-6-7-15(12-16)21(22,23)24/h6-12H,4-5H2,1-3H3,(H,25,27). The predicted molar refractivity (Wildman–Crippen MR) is 101 cm³/mol. The number of rotatable bonds is 4. The van der Waals surface area contributed by atoms with Crippen LogP contribution in [0.25, 0.3) is 10.9 Å². The van der Waals surface area contributed by atoms with Crippen LogP contribution in [-0.2, 0) is 19.1 Å². The topological polar surface area (TPSA) is 34.0 Å². The molecule has 0 bridgehead atoms. The highest BCUT2D eigenvalue weighted by molar-refractivity contribution is 6.08. The fourth-order valence-corrected chi connectivity index (χ4v) is 3.37. The molecular weight excluding hydrogens is 353 g/mol. The molecule has 142 valence electrons. The molecular formula is C21H21F3N2O. The van der Waals surface area contributed by atoms with Gasteiger partial charge in [0.15, 0.2) is 0 Å². The van der Waals surface area contributed by atoms with Crippen LogP contribution in [0.2, 0.25) is 0 Å². The van der Waals surface area contributed by atoms with E-state index in [1.165, 1.54) is 17.7 Å². The largest absolute Gasteiger partial charge is 0.416 e. The van der Waals surface area contributed by atoms with Crippen LogP contribution in [0.15, 0.2) is 42.5 Å². The van der Waals surface area contributed by atoms with Crippen molar-refractivity contribution in [2.24, 2.45) is 0 Å². The molecule has 3 rings (SSSR count). The third-order valence-electron chi connectivity index (χ3n) is 4.77. The normalized spacial score (nSPS) is 11.8. The summed E-state index contributed by atoms with van der Waals surface area (Å²) in [6.45, 7) is 6.46. The van der Waals surface area contributed by atoms with Gasteiger partial charge in [-0.25, -0.2) is 0 Å². The van der Waals surface area contributed by atoms with Crippen LogP contribution in [0.5, 0.6) is 0 Å². The first-order valence-electron chi connectivity index (χ1n) is 8.86. The zero-order valence-corrected chi connectivity index (χ0v) is 15.4. The molecule has 1 amide bonds. The van der Waals surface area contributed by atoms with E-state index in [0.29, 0.717) is 12.2 Å². The molecule has 3 aromatic rings. The summed E-state index contributed by atoms with van der Waals surface area (Å²) in [5.74, 6) is -0.414. The number of aromatic nitrogens is 1. The van der Waals surface area contributed by atoms with Gasteiger partial charge in [-0.3, -0.25) is 4.79 Å². The number of hydrogen-bond donors (Lipinski definition) is 1. The van der Waals surface area contributed by atoms with Gasteiger partial charge in [0.25, 0.3) is 5.91 Å². The monoisotopic (exact) mass is 374 g/mol. The molecule has 2 aromatic carbocycles. The summed E-state index contributed by atoms with van der Waals surface area (Å²) in [6, 6.07) is 10.8. The highest BCUT2D eigenvalue weighted by atomic mass is 19.4. The summed E-state index contributed by atoms with van der Waals surface area (Å²) < 4.78 is 40.6. The average Bonchev–Trinajstić information content (AvgIpc) is 2.92. The second kappa shape index (κ2) is 7.10. The second-order valence-electron chi connectivity index (χ2n) is 6.46. The minimum Gasteiger partial charge on any atom is -0.337 e. The van der Waals surface area contributed by atoms with Gasteiger partial charge < -0.3 is 9.88 Å². The molecule has 1 heterocycles. The number of nitrogens with one attached hydrogen (secondary N) is 1. The van der Waals surface area contributed by atoms with E-state index in [0.717, 1.165) is 35.0 Å². The molecule has 0 spiro atoms. The van der Waals surface area contributed by atoms with Crippen LogP contribution in [-0.4, -0.2) is 10.5 Å². The number of fused-ring (bicyclic) bond motifs is 1. The number of halogens is 3. The first kappa shape index (κ1) is 19.0. The predicted octanol–water partition coefficient (Wildman–Crippen LogP) is 5.80. The summed E-state index contributed by atoms with van der Waals surface area (Å²) >= 11 is 0. The fourth-order valence-electron chi connectivity index (χ4n) is 3.37. The third kappa shape index (κ3) is 3.56. The molecule has 3 nitrogen and oxygen atoms in total. The first-order chi connectivity index (χ1) is 12.8. The number of benzene rings is 2. The van der Waals surface area contributed by atoms with E-state index in [2.05, 4.69) is 18.3 Å². The molecule has 0 radical (unpaired) electrons. The van der Waals surface area contributed by atoms with Gasteiger partial charge in [0.1, 0.15) is 5.69 Å². The maximum Gasteiger partial charge on any atom is 0.416 e. The number of amides is 1. The van der Waals surface area contributed by atoms with Crippen molar-refractivity contribution in [3.05, 3.63) is 64.8 Å². The number of carbonyl (C=O) groups is 1. The van der Waals surface area contributed by atoms with Crippen LogP contribution in [0, 0.1) is 6.92 Å². The lowest BCUT2D eigenvalue weighted by atomic mass is 10.1. The molecule has 1 aromatic heterocycles. The van der Waals surface area contributed by atoms with Crippen molar-refractivity contribution in [1.29, 1.82) is 0 Å². The van der Waals surface area contributed by atoms with Crippen molar-refractivity contribution in [3.8, 4) is 0 Å². The summed E-state index contributed by atoms with van der Waals surface area (Å²) in [7, 11) is 0. The van der Waals surface area contributed by atoms with Gasteiger partial charge in [0.05, 0.1) is 5.56 Å². The van der Waals surface area contributed by atoms with Crippen molar-refractivity contribution in [2.45, 2.75) is 39.9 Å². The zero-order chi connectivity index (χ0) is 19.8. The number of hydrogen-bond acceptors (Lipinski definition) is 1. The van der Waals surface area contributed by atoms with E-state index in [1.54, 1.807) is 0 Å². The van der Waals surface area contributed by atoms with E-state index in [9.17, 15) is 18.0 Å². The quantitative estimate of drug-likeness (QED) is 0.615.